The molecule has 1 aliphatic heterocycles. The van der Waals surface area contributed by atoms with Crippen molar-refractivity contribution in [2.24, 2.45) is 0 Å². The lowest BCUT2D eigenvalue weighted by molar-refractivity contribution is 0.103. The molecule has 156 valence electrons. The smallest absolute Gasteiger partial charge is 0.181 e. The third-order valence-electron chi connectivity index (χ3n) is 6.05. The molecule has 0 radical (unpaired) electrons. The van der Waals surface area contributed by atoms with Crippen molar-refractivity contribution in [3.8, 4) is 11.4 Å². The van der Waals surface area contributed by atoms with E-state index in [-0.39, 0.29) is 12.1 Å². The van der Waals surface area contributed by atoms with E-state index in [1.165, 1.54) is 11.1 Å². The van der Waals surface area contributed by atoms with Crippen LogP contribution in [0.25, 0.3) is 11.4 Å². The van der Waals surface area contributed by atoms with Gasteiger partial charge in [0.2, 0.25) is 0 Å². The lowest BCUT2D eigenvalue weighted by Gasteiger charge is -2.44. The Morgan fingerprint density at radius 2 is 1.26 bits per heavy atom. The first-order valence-corrected chi connectivity index (χ1v) is 11.1. The van der Waals surface area contributed by atoms with E-state index in [1.807, 2.05) is 18.2 Å². The Kier molecular flexibility index (Phi) is 5.39. The predicted octanol–water partition coefficient (Wildman–Crippen LogP) is 5.71. The standard InChI is InChI=1S/C27H28N4/c1-20(2)31-27(28-26(29-31)23-16-10-5-11-17-23)24-18-30(19-24)25(21-12-6-3-7-13-21)22-14-8-4-9-15-22/h3-17,20,24-25H,18-19H2,1-2H3. The number of hydrogen-bond donors (Lipinski definition) is 0. The molecule has 4 heteroatoms. The van der Waals surface area contributed by atoms with E-state index in [4.69, 9.17) is 10.1 Å². The molecule has 1 aliphatic rings. The normalized spacial score (nSPS) is 14.8. The molecule has 0 bridgehead atoms. The molecule has 3 aromatic carbocycles. The van der Waals surface area contributed by atoms with Gasteiger partial charge in [0, 0.05) is 30.6 Å². The van der Waals surface area contributed by atoms with Gasteiger partial charge < -0.3 is 0 Å². The molecule has 0 spiro atoms. The molecule has 1 fully saturated rings. The van der Waals surface area contributed by atoms with Crippen LogP contribution in [0.5, 0.6) is 0 Å². The second-order valence-corrected chi connectivity index (χ2v) is 8.57. The number of likely N-dealkylation sites (tertiary alicyclic amines) is 1. The largest absolute Gasteiger partial charge is 0.291 e. The van der Waals surface area contributed by atoms with E-state index in [9.17, 15) is 0 Å². The van der Waals surface area contributed by atoms with E-state index >= 15 is 0 Å². The molecular formula is C27H28N4. The van der Waals surface area contributed by atoms with Crippen molar-refractivity contribution in [3.63, 3.8) is 0 Å². The highest BCUT2D eigenvalue weighted by atomic mass is 15.4. The Morgan fingerprint density at radius 1 is 0.742 bits per heavy atom. The maximum atomic E-state index is 4.99. The van der Waals surface area contributed by atoms with Crippen LogP contribution < -0.4 is 0 Å². The van der Waals surface area contributed by atoms with Crippen LogP contribution in [0.1, 0.15) is 48.8 Å². The van der Waals surface area contributed by atoms with E-state index < -0.39 is 0 Å². The molecule has 0 N–H and O–H groups in total. The fourth-order valence-corrected chi connectivity index (χ4v) is 4.47. The third kappa shape index (κ3) is 3.91. The SMILES string of the molecule is CC(C)n1nc(-c2ccccc2)nc1C1CN(C(c2ccccc2)c2ccccc2)C1. The van der Waals surface area contributed by atoms with Crippen molar-refractivity contribution in [2.45, 2.75) is 31.8 Å². The van der Waals surface area contributed by atoms with Crippen LogP contribution in [0.15, 0.2) is 91.0 Å². The van der Waals surface area contributed by atoms with Crippen LogP contribution >= 0.6 is 0 Å². The highest BCUT2D eigenvalue weighted by Crippen LogP contribution is 2.38. The third-order valence-corrected chi connectivity index (χ3v) is 6.05. The lowest BCUT2D eigenvalue weighted by Crippen LogP contribution is -2.48. The van der Waals surface area contributed by atoms with Crippen LogP contribution in [-0.2, 0) is 0 Å². The van der Waals surface area contributed by atoms with E-state index in [2.05, 4.69) is 96.2 Å². The highest BCUT2D eigenvalue weighted by Gasteiger charge is 2.38. The second kappa shape index (κ2) is 8.48. The van der Waals surface area contributed by atoms with Gasteiger partial charge in [-0.15, -0.1) is 0 Å². The molecule has 0 atom stereocenters. The molecule has 5 rings (SSSR count). The molecule has 2 heterocycles. The summed E-state index contributed by atoms with van der Waals surface area (Å²) in [4.78, 5) is 7.54. The summed E-state index contributed by atoms with van der Waals surface area (Å²) in [7, 11) is 0. The molecule has 1 aromatic heterocycles. The fourth-order valence-electron chi connectivity index (χ4n) is 4.47. The predicted molar refractivity (Wildman–Crippen MR) is 125 cm³/mol. The van der Waals surface area contributed by atoms with E-state index in [1.54, 1.807) is 0 Å². The second-order valence-electron chi connectivity index (χ2n) is 8.57. The van der Waals surface area contributed by atoms with Gasteiger partial charge >= 0.3 is 0 Å². The van der Waals surface area contributed by atoms with Crippen molar-refractivity contribution in [3.05, 3.63) is 108 Å². The molecule has 0 unspecified atom stereocenters. The zero-order valence-electron chi connectivity index (χ0n) is 18.1. The van der Waals surface area contributed by atoms with Crippen molar-refractivity contribution in [2.75, 3.05) is 13.1 Å². The lowest BCUT2D eigenvalue weighted by atomic mass is 9.90. The maximum Gasteiger partial charge on any atom is 0.181 e. The average molecular weight is 409 g/mol. The molecule has 0 amide bonds. The first-order chi connectivity index (χ1) is 15.2. The van der Waals surface area contributed by atoms with Crippen molar-refractivity contribution in [1.82, 2.24) is 19.7 Å². The molecule has 0 saturated carbocycles. The Balaban J connectivity index is 1.42. The first kappa shape index (κ1) is 19.7. The molecule has 0 aliphatic carbocycles. The van der Waals surface area contributed by atoms with Gasteiger partial charge in [-0.2, -0.15) is 5.10 Å². The minimum Gasteiger partial charge on any atom is -0.291 e. The summed E-state index contributed by atoms with van der Waals surface area (Å²) in [6.45, 7) is 6.32. The fraction of sp³-hybridized carbons (Fsp3) is 0.259. The maximum absolute atomic E-state index is 4.99. The number of aromatic nitrogens is 3. The number of hydrogen-bond acceptors (Lipinski definition) is 3. The Labute approximate surface area is 184 Å². The zero-order chi connectivity index (χ0) is 21.2. The zero-order valence-corrected chi connectivity index (χ0v) is 18.1. The van der Waals surface area contributed by atoms with Gasteiger partial charge in [0.25, 0.3) is 0 Å². The first-order valence-electron chi connectivity index (χ1n) is 11.1. The summed E-state index contributed by atoms with van der Waals surface area (Å²) in [5.74, 6) is 2.32. The van der Waals surface area contributed by atoms with Crippen molar-refractivity contribution in [1.29, 1.82) is 0 Å². The molecule has 4 nitrogen and oxygen atoms in total. The minimum absolute atomic E-state index is 0.266. The number of nitrogens with zero attached hydrogens (tertiary/aromatic N) is 4. The van der Waals surface area contributed by atoms with Gasteiger partial charge in [0.05, 0.1) is 6.04 Å². The molecular weight excluding hydrogens is 380 g/mol. The van der Waals surface area contributed by atoms with Crippen LogP contribution in [0.2, 0.25) is 0 Å². The van der Waals surface area contributed by atoms with Gasteiger partial charge in [-0.3, -0.25) is 4.90 Å². The van der Waals surface area contributed by atoms with Gasteiger partial charge in [-0.25, -0.2) is 9.67 Å². The molecule has 4 aromatic rings. The van der Waals surface area contributed by atoms with Crippen molar-refractivity contribution >= 4 is 0 Å². The summed E-state index contributed by atoms with van der Waals surface area (Å²) in [6.07, 6.45) is 0. The van der Waals surface area contributed by atoms with Crippen LogP contribution in [-0.4, -0.2) is 32.8 Å². The Hall–Kier alpha value is -3.24. The summed E-state index contributed by atoms with van der Waals surface area (Å²) < 4.78 is 2.12. The number of rotatable bonds is 6. The molecule has 1 saturated heterocycles. The van der Waals surface area contributed by atoms with Crippen LogP contribution in [0.3, 0.4) is 0 Å². The topological polar surface area (TPSA) is 34.0 Å². The van der Waals surface area contributed by atoms with E-state index in [0.717, 1.165) is 30.3 Å². The van der Waals surface area contributed by atoms with Gasteiger partial charge in [0.15, 0.2) is 5.82 Å². The van der Waals surface area contributed by atoms with Gasteiger partial charge in [-0.05, 0) is 25.0 Å². The number of benzene rings is 3. The van der Waals surface area contributed by atoms with E-state index in [0.29, 0.717) is 5.92 Å². The van der Waals surface area contributed by atoms with Gasteiger partial charge in [-0.1, -0.05) is 91.0 Å². The minimum atomic E-state index is 0.266. The Bertz CT molecular complexity index is 1070. The summed E-state index contributed by atoms with van der Waals surface area (Å²) in [6, 6.07) is 32.4. The monoisotopic (exact) mass is 408 g/mol. The highest BCUT2D eigenvalue weighted by molar-refractivity contribution is 5.54. The van der Waals surface area contributed by atoms with Crippen LogP contribution in [0.4, 0.5) is 0 Å². The van der Waals surface area contributed by atoms with Crippen molar-refractivity contribution < 1.29 is 0 Å². The summed E-state index contributed by atoms with van der Waals surface area (Å²) in [5.41, 5.74) is 3.75. The Morgan fingerprint density at radius 3 is 1.77 bits per heavy atom. The van der Waals surface area contributed by atoms with Gasteiger partial charge in [0.1, 0.15) is 5.82 Å². The summed E-state index contributed by atoms with van der Waals surface area (Å²) in [5, 5.41) is 4.86. The van der Waals surface area contributed by atoms with Crippen LogP contribution in [0, 0.1) is 0 Å². The summed E-state index contributed by atoms with van der Waals surface area (Å²) >= 11 is 0. The quantitative estimate of drug-likeness (QED) is 0.409. The molecule has 31 heavy (non-hydrogen) atoms. The average Bonchev–Trinajstić information content (AvgIpc) is 3.23.